The monoisotopic (exact) mass is 375 g/mol. The Bertz CT molecular complexity index is 751. The number of halogens is 1. The minimum atomic E-state index is -0.852. The average molecular weight is 376 g/mol. The summed E-state index contributed by atoms with van der Waals surface area (Å²) in [7, 11) is 0. The van der Waals surface area contributed by atoms with Crippen LogP contribution in [0.5, 0.6) is 0 Å². The molecule has 0 aromatic heterocycles. The SMILES string of the molecule is O=C(O)C1CN(C(=O)CSc2ccc(Cl)cc2)CC1c1ccccc1. The van der Waals surface area contributed by atoms with Gasteiger partial charge in [0.25, 0.3) is 0 Å². The van der Waals surface area contributed by atoms with Crippen LogP contribution in [0, 0.1) is 5.92 Å². The Morgan fingerprint density at radius 1 is 1.08 bits per heavy atom. The highest BCUT2D eigenvalue weighted by atomic mass is 35.5. The van der Waals surface area contributed by atoms with E-state index in [0.717, 1.165) is 10.5 Å². The van der Waals surface area contributed by atoms with Gasteiger partial charge < -0.3 is 10.0 Å². The topological polar surface area (TPSA) is 57.6 Å². The molecule has 2 aromatic carbocycles. The van der Waals surface area contributed by atoms with Gasteiger partial charge in [-0.05, 0) is 29.8 Å². The zero-order valence-corrected chi connectivity index (χ0v) is 15.0. The van der Waals surface area contributed by atoms with Gasteiger partial charge in [-0.15, -0.1) is 11.8 Å². The normalized spacial score (nSPS) is 19.8. The molecule has 0 spiro atoms. The number of carboxylic acid groups (broad SMARTS) is 1. The van der Waals surface area contributed by atoms with Crippen LogP contribution in [-0.2, 0) is 9.59 Å². The van der Waals surface area contributed by atoms with E-state index in [1.54, 1.807) is 17.0 Å². The third-order valence-corrected chi connectivity index (χ3v) is 5.64. The molecule has 0 radical (unpaired) electrons. The zero-order chi connectivity index (χ0) is 17.8. The van der Waals surface area contributed by atoms with Gasteiger partial charge in [-0.25, -0.2) is 0 Å². The highest BCUT2D eigenvalue weighted by Gasteiger charge is 2.40. The van der Waals surface area contributed by atoms with Gasteiger partial charge in [-0.3, -0.25) is 9.59 Å². The number of benzene rings is 2. The molecule has 0 bridgehead atoms. The Kier molecular flexibility index (Phi) is 5.66. The zero-order valence-electron chi connectivity index (χ0n) is 13.5. The summed E-state index contributed by atoms with van der Waals surface area (Å²) < 4.78 is 0. The third-order valence-electron chi connectivity index (χ3n) is 4.39. The minimum absolute atomic E-state index is 0.0374. The van der Waals surface area contributed by atoms with Crippen LogP contribution in [0.25, 0.3) is 0 Å². The standard InChI is InChI=1S/C19H18ClNO3S/c20-14-6-8-15(9-7-14)25-12-18(22)21-10-16(17(11-21)19(23)24)13-4-2-1-3-5-13/h1-9,16-17H,10-12H2,(H,23,24). The molecule has 1 aliphatic rings. The first kappa shape index (κ1) is 17.8. The lowest BCUT2D eigenvalue weighted by Crippen LogP contribution is -2.31. The third kappa shape index (κ3) is 4.35. The van der Waals surface area contributed by atoms with Crippen molar-refractivity contribution in [2.75, 3.05) is 18.8 Å². The number of likely N-dealkylation sites (tertiary alicyclic amines) is 1. The second kappa shape index (κ2) is 7.93. The highest BCUT2D eigenvalue weighted by molar-refractivity contribution is 8.00. The maximum absolute atomic E-state index is 12.5. The molecule has 130 valence electrons. The van der Waals surface area contributed by atoms with Crippen LogP contribution in [-0.4, -0.2) is 40.7 Å². The van der Waals surface area contributed by atoms with E-state index in [4.69, 9.17) is 11.6 Å². The van der Waals surface area contributed by atoms with Crippen LogP contribution in [0.1, 0.15) is 11.5 Å². The second-order valence-corrected chi connectivity index (χ2v) is 7.49. The molecule has 1 saturated heterocycles. The smallest absolute Gasteiger partial charge is 0.308 e. The summed E-state index contributed by atoms with van der Waals surface area (Å²) >= 11 is 7.29. The lowest BCUT2D eigenvalue weighted by Gasteiger charge is -2.16. The molecule has 1 heterocycles. The van der Waals surface area contributed by atoms with E-state index in [-0.39, 0.29) is 24.1 Å². The molecule has 2 aromatic rings. The predicted molar refractivity (Wildman–Crippen MR) is 99.1 cm³/mol. The van der Waals surface area contributed by atoms with Crippen molar-refractivity contribution in [3.8, 4) is 0 Å². The fraction of sp³-hybridized carbons (Fsp3) is 0.263. The Morgan fingerprint density at radius 3 is 2.40 bits per heavy atom. The predicted octanol–water partition coefficient (Wildman–Crippen LogP) is 3.76. The van der Waals surface area contributed by atoms with Crippen molar-refractivity contribution in [3.63, 3.8) is 0 Å². The molecule has 1 fully saturated rings. The van der Waals surface area contributed by atoms with Crippen molar-refractivity contribution in [1.29, 1.82) is 0 Å². The summed E-state index contributed by atoms with van der Waals surface area (Å²) in [5.41, 5.74) is 0.968. The van der Waals surface area contributed by atoms with Gasteiger partial charge in [0.15, 0.2) is 0 Å². The molecule has 0 saturated carbocycles. The maximum Gasteiger partial charge on any atom is 0.308 e. The first-order valence-electron chi connectivity index (χ1n) is 7.98. The molecule has 1 N–H and O–H groups in total. The molecule has 1 amide bonds. The lowest BCUT2D eigenvalue weighted by atomic mass is 9.89. The summed E-state index contributed by atoms with van der Waals surface area (Å²) in [6.07, 6.45) is 0. The molecule has 1 aliphatic heterocycles. The molecular formula is C19H18ClNO3S. The minimum Gasteiger partial charge on any atom is -0.481 e. The van der Waals surface area contributed by atoms with Crippen molar-refractivity contribution in [2.24, 2.45) is 5.92 Å². The van der Waals surface area contributed by atoms with E-state index in [1.807, 2.05) is 42.5 Å². The molecule has 2 atom stereocenters. The van der Waals surface area contributed by atoms with Crippen molar-refractivity contribution >= 4 is 35.2 Å². The number of carboxylic acids is 1. The Hall–Kier alpha value is -1.98. The van der Waals surface area contributed by atoms with Gasteiger partial charge in [0.1, 0.15) is 0 Å². The van der Waals surface area contributed by atoms with Gasteiger partial charge in [-0.2, -0.15) is 0 Å². The number of carbonyl (C=O) groups is 2. The molecule has 3 rings (SSSR count). The van der Waals surface area contributed by atoms with Gasteiger partial charge in [-0.1, -0.05) is 41.9 Å². The Balaban J connectivity index is 1.65. The van der Waals surface area contributed by atoms with Gasteiger partial charge in [0.2, 0.25) is 5.91 Å². The van der Waals surface area contributed by atoms with Crippen LogP contribution < -0.4 is 0 Å². The summed E-state index contributed by atoms with van der Waals surface area (Å²) in [6, 6.07) is 16.9. The van der Waals surface area contributed by atoms with E-state index in [1.165, 1.54) is 11.8 Å². The lowest BCUT2D eigenvalue weighted by molar-refractivity contribution is -0.141. The number of nitrogens with zero attached hydrogens (tertiary/aromatic N) is 1. The number of hydrogen-bond acceptors (Lipinski definition) is 3. The Morgan fingerprint density at radius 2 is 1.76 bits per heavy atom. The number of thioether (sulfide) groups is 1. The first-order chi connectivity index (χ1) is 12.0. The van der Waals surface area contributed by atoms with Crippen LogP contribution in [0.2, 0.25) is 5.02 Å². The van der Waals surface area contributed by atoms with Gasteiger partial charge in [0.05, 0.1) is 11.7 Å². The molecule has 4 nitrogen and oxygen atoms in total. The fourth-order valence-corrected chi connectivity index (χ4v) is 3.99. The molecule has 25 heavy (non-hydrogen) atoms. The largest absolute Gasteiger partial charge is 0.481 e. The van der Waals surface area contributed by atoms with Crippen LogP contribution in [0.4, 0.5) is 0 Å². The number of amides is 1. The summed E-state index contributed by atoms with van der Waals surface area (Å²) in [5, 5.41) is 10.2. The van der Waals surface area contributed by atoms with Crippen molar-refractivity contribution in [3.05, 3.63) is 65.2 Å². The average Bonchev–Trinajstić information content (AvgIpc) is 3.07. The number of carbonyl (C=O) groups excluding carboxylic acids is 1. The number of rotatable bonds is 5. The maximum atomic E-state index is 12.5. The van der Waals surface area contributed by atoms with Crippen LogP contribution >= 0.6 is 23.4 Å². The summed E-state index contributed by atoms with van der Waals surface area (Å²) in [4.78, 5) is 26.8. The van der Waals surface area contributed by atoms with Crippen molar-refractivity contribution < 1.29 is 14.7 Å². The Labute approximate surface area is 155 Å². The van der Waals surface area contributed by atoms with E-state index in [9.17, 15) is 14.7 Å². The van der Waals surface area contributed by atoms with Crippen LogP contribution in [0.3, 0.4) is 0 Å². The fourth-order valence-electron chi connectivity index (χ4n) is 3.06. The van der Waals surface area contributed by atoms with Gasteiger partial charge >= 0.3 is 5.97 Å². The van der Waals surface area contributed by atoms with Crippen LogP contribution in [0.15, 0.2) is 59.5 Å². The van der Waals surface area contributed by atoms with Crippen molar-refractivity contribution in [1.82, 2.24) is 4.90 Å². The summed E-state index contributed by atoms with van der Waals surface area (Å²) in [5.74, 6) is -1.33. The van der Waals surface area contributed by atoms with Crippen molar-refractivity contribution in [2.45, 2.75) is 10.8 Å². The van der Waals surface area contributed by atoms with Gasteiger partial charge in [0, 0.05) is 28.9 Å². The molecular weight excluding hydrogens is 358 g/mol. The number of hydrogen-bond donors (Lipinski definition) is 1. The molecule has 2 unspecified atom stereocenters. The first-order valence-corrected chi connectivity index (χ1v) is 9.35. The molecule has 0 aliphatic carbocycles. The molecule has 6 heteroatoms. The highest BCUT2D eigenvalue weighted by Crippen LogP contribution is 2.33. The quantitative estimate of drug-likeness (QED) is 0.808. The van der Waals surface area contributed by atoms with E-state index < -0.39 is 11.9 Å². The summed E-state index contributed by atoms with van der Waals surface area (Å²) in [6.45, 7) is 0.704. The van der Waals surface area contributed by atoms with E-state index in [0.29, 0.717) is 11.6 Å². The second-order valence-electron chi connectivity index (χ2n) is 6.00. The van der Waals surface area contributed by atoms with E-state index >= 15 is 0 Å². The van der Waals surface area contributed by atoms with E-state index in [2.05, 4.69) is 0 Å². The number of aliphatic carboxylic acids is 1.